The molecule has 7 heteroatoms. The van der Waals surface area contributed by atoms with Crippen LogP contribution in [0, 0.1) is 5.92 Å². The summed E-state index contributed by atoms with van der Waals surface area (Å²) in [5.74, 6) is 0.566. The molecule has 0 spiro atoms. The topological polar surface area (TPSA) is 80.5 Å². The first-order chi connectivity index (χ1) is 14.1. The van der Waals surface area contributed by atoms with Crippen molar-refractivity contribution in [1.29, 1.82) is 0 Å². The average molecular weight is 409 g/mol. The van der Waals surface area contributed by atoms with Gasteiger partial charge in [-0.2, -0.15) is 0 Å². The minimum atomic E-state index is -0.770. The van der Waals surface area contributed by atoms with Crippen molar-refractivity contribution in [2.24, 2.45) is 5.92 Å². The Bertz CT molecular complexity index is 572. The van der Waals surface area contributed by atoms with Crippen LogP contribution in [-0.2, 0) is 22.6 Å². The van der Waals surface area contributed by atoms with Crippen molar-refractivity contribution < 1.29 is 14.6 Å². The van der Waals surface area contributed by atoms with E-state index in [4.69, 9.17) is 4.74 Å². The predicted molar refractivity (Wildman–Crippen MR) is 113 cm³/mol. The first-order valence-corrected chi connectivity index (χ1v) is 11.5. The number of nitrogens with zero attached hydrogens (tertiary/aromatic N) is 4. The summed E-state index contributed by atoms with van der Waals surface area (Å²) >= 11 is 0. The summed E-state index contributed by atoms with van der Waals surface area (Å²) in [5.41, 5.74) is 0.902. The lowest BCUT2D eigenvalue weighted by molar-refractivity contribution is -0.147. The second kappa shape index (κ2) is 13.7. The number of hydrogen-bond donors (Lipinski definition) is 1. The SMILES string of the molecule is CCCCCCCC(=O)OCC(O)Cn1cc(CN(C)CC2CCCCC2)nn1. The van der Waals surface area contributed by atoms with Crippen molar-refractivity contribution in [2.45, 2.75) is 96.7 Å². The van der Waals surface area contributed by atoms with Crippen LogP contribution >= 0.6 is 0 Å². The molecule has 1 heterocycles. The fourth-order valence-corrected chi connectivity index (χ4v) is 4.05. The molecule has 0 bridgehead atoms. The summed E-state index contributed by atoms with van der Waals surface area (Å²) in [5, 5.41) is 18.4. The molecule has 29 heavy (non-hydrogen) atoms. The van der Waals surface area contributed by atoms with Crippen molar-refractivity contribution in [3.8, 4) is 0 Å². The van der Waals surface area contributed by atoms with Gasteiger partial charge in [0.1, 0.15) is 12.7 Å². The number of carbonyl (C=O) groups excluding carboxylic acids is 1. The molecule has 166 valence electrons. The van der Waals surface area contributed by atoms with Gasteiger partial charge in [0.25, 0.3) is 0 Å². The molecule has 0 saturated heterocycles. The van der Waals surface area contributed by atoms with Crippen LogP contribution in [0.2, 0.25) is 0 Å². The lowest BCUT2D eigenvalue weighted by atomic mass is 9.89. The Morgan fingerprint density at radius 3 is 2.79 bits per heavy atom. The quantitative estimate of drug-likeness (QED) is 0.374. The van der Waals surface area contributed by atoms with Gasteiger partial charge in [0.15, 0.2) is 0 Å². The fourth-order valence-electron chi connectivity index (χ4n) is 4.05. The van der Waals surface area contributed by atoms with Gasteiger partial charge in [-0.3, -0.25) is 4.79 Å². The predicted octanol–water partition coefficient (Wildman–Crippen LogP) is 3.55. The Morgan fingerprint density at radius 1 is 1.28 bits per heavy atom. The number of ether oxygens (including phenoxy) is 1. The van der Waals surface area contributed by atoms with Crippen molar-refractivity contribution in [3.05, 3.63) is 11.9 Å². The Hall–Kier alpha value is -1.47. The van der Waals surface area contributed by atoms with Gasteiger partial charge >= 0.3 is 5.97 Å². The van der Waals surface area contributed by atoms with Crippen LogP contribution < -0.4 is 0 Å². The van der Waals surface area contributed by atoms with Crippen LogP contribution in [0.15, 0.2) is 6.20 Å². The molecular weight excluding hydrogens is 368 g/mol. The maximum Gasteiger partial charge on any atom is 0.305 e. The monoisotopic (exact) mass is 408 g/mol. The summed E-state index contributed by atoms with van der Waals surface area (Å²) in [4.78, 5) is 14.1. The van der Waals surface area contributed by atoms with E-state index >= 15 is 0 Å². The zero-order valence-corrected chi connectivity index (χ0v) is 18.4. The molecule has 1 aromatic heterocycles. The lowest BCUT2D eigenvalue weighted by Gasteiger charge is -2.26. The number of rotatable bonds is 14. The third-order valence-corrected chi connectivity index (χ3v) is 5.63. The zero-order chi connectivity index (χ0) is 20.9. The van der Waals surface area contributed by atoms with E-state index in [1.165, 1.54) is 44.9 Å². The van der Waals surface area contributed by atoms with E-state index in [1.807, 2.05) is 6.20 Å². The van der Waals surface area contributed by atoms with Crippen molar-refractivity contribution in [3.63, 3.8) is 0 Å². The van der Waals surface area contributed by atoms with Gasteiger partial charge in [0.05, 0.1) is 12.2 Å². The number of aliphatic hydroxyl groups is 1. The molecule has 2 rings (SSSR count). The normalized spacial score (nSPS) is 16.3. The molecule has 0 aromatic carbocycles. The van der Waals surface area contributed by atoms with Gasteiger partial charge in [-0.15, -0.1) is 5.10 Å². The average Bonchev–Trinajstić information content (AvgIpc) is 3.13. The van der Waals surface area contributed by atoms with Crippen LogP contribution in [0.5, 0.6) is 0 Å². The summed E-state index contributed by atoms with van der Waals surface area (Å²) in [6, 6.07) is 0. The molecule has 1 aliphatic rings. The highest BCUT2D eigenvalue weighted by Gasteiger charge is 2.16. The highest BCUT2D eigenvalue weighted by Crippen LogP contribution is 2.24. The maximum atomic E-state index is 11.7. The van der Waals surface area contributed by atoms with Crippen LogP contribution in [0.3, 0.4) is 0 Å². The minimum absolute atomic E-state index is 0.00453. The number of aliphatic hydroxyl groups excluding tert-OH is 1. The molecule has 0 radical (unpaired) electrons. The molecule has 1 N–H and O–H groups in total. The Labute approximate surface area is 175 Å². The van der Waals surface area contributed by atoms with Gasteiger partial charge in [0.2, 0.25) is 0 Å². The van der Waals surface area contributed by atoms with Gasteiger partial charge in [-0.1, -0.05) is 57.1 Å². The summed E-state index contributed by atoms with van der Waals surface area (Å²) in [7, 11) is 2.13. The number of esters is 1. The molecule has 1 unspecified atom stereocenters. The molecular formula is C22H40N4O3. The van der Waals surface area contributed by atoms with Gasteiger partial charge in [-0.25, -0.2) is 4.68 Å². The highest BCUT2D eigenvalue weighted by molar-refractivity contribution is 5.69. The highest BCUT2D eigenvalue weighted by atomic mass is 16.5. The van der Waals surface area contributed by atoms with Gasteiger partial charge in [0, 0.05) is 25.7 Å². The molecule has 0 aliphatic heterocycles. The smallest absolute Gasteiger partial charge is 0.305 e. The lowest BCUT2D eigenvalue weighted by Crippen LogP contribution is -2.26. The Kier molecular flexibility index (Phi) is 11.2. The molecule has 1 fully saturated rings. The number of carbonyl (C=O) groups is 1. The first-order valence-electron chi connectivity index (χ1n) is 11.5. The maximum absolute atomic E-state index is 11.7. The van der Waals surface area contributed by atoms with Crippen LogP contribution in [0.25, 0.3) is 0 Å². The third kappa shape index (κ3) is 10.2. The van der Waals surface area contributed by atoms with Crippen LogP contribution in [0.4, 0.5) is 0 Å². The number of aromatic nitrogens is 3. The zero-order valence-electron chi connectivity index (χ0n) is 18.4. The molecule has 1 atom stereocenters. The van der Waals surface area contributed by atoms with Gasteiger partial charge in [-0.05, 0) is 32.2 Å². The summed E-state index contributed by atoms with van der Waals surface area (Å²) in [6.45, 7) is 4.32. The van der Waals surface area contributed by atoms with Crippen molar-refractivity contribution >= 4 is 5.97 Å². The standard InChI is InChI=1S/C22H40N4O3/c1-3-4-5-6-10-13-22(28)29-18-21(27)17-26-16-20(23-24-26)15-25(2)14-19-11-8-7-9-12-19/h16,19,21,27H,3-15,17-18H2,1-2H3. The van der Waals surface area contributed by atoms with E-state index in [9.17, 15) is 9.90 Å². The van der Waals surface area contributed by atoms with Crippen molar-refractivity contribution in [1.82, 2.24) is 19.9 Å². The number of unbranched alkanes of at least 4 members (excludes halogenated alkanes) is 4. The van der Waals surface area contributed by atoms with E-state index in [0.29, 0.717) is 6.42 Å². The largest absolute Gasteiger partial charge is 0.463 e. The third-order valence-electron chi connectivity index (χ3n) is 5.63. The van der Waals surface area contributed by atoms with Crippen LogP contribution in [-0.4, -0.2) is 57.3 Å². The molecule has 0 amide bonds. The molecule has 1 saturated carbocycles. The summed E-state index contributed by atoms with van der Waals surface area (Å²) in [6.07, 6.45) is 13.8. The van der Waals surface area contributed by atoms with Crippen molar-refractivity contribution in [2.75, 3.05) is 20.2 Å². The minimum Gasteiger partial charge on any atom is -0.463 e. The first kappa shape index (κ1) is 23.8. The Morgan fingerprint density at radius 2 is 2.03 bits per heavy atom. The fraction of sp³-hybridized carbons (Fsp3) is 0.864. The number of hydrogen-bond acceptors (Lipinski definition) is 6. The van der Waals surface area contributed by atoms with Gasteiger partial charge < -0.3 is 14.7 Å². The molecule has 1 aliphatic carbocycles. The van der Waals surface area contributed by atoms with E-state index < -0.39 is 6.10 Å². The van der Waals surface area contributed by atoms with Crippen LogP contribution in [0.1, 0.15) is 83.2 Å². The molecule has 1 aromatic rings. The second-order valence-electron chi connectivity index (χ2n) is 8.63. The second-order valence-corrected chi connectivity index (χ2v) is 8.63. The molecule has 7 nitrogen and oxygen atoms in total. The van der Waals surface area contributed by atoms with E-state index in [2.05, 4.69) is 29.2 Å². The van der Waals surface area contributed by atoms with E-state index in [-0.39, 0.29) is 19.1 Å². The Balaban J connectivity index is 1.61. The summed E-state index contributed by atoms with van der Waals surface area (Å²) < 4.78 is 6.81. The van der Waals surface area contributed by atoms with E-state index in [0.717, 1.165) is 44.0 Å². The van der Waals surface area contributed by atoms with E-state index in [1.54, 1.807) is 4.68 Å².